The minimum absolute atomic E-state index is 0.243. The van der Waals surface area contributed by atoms with Gasteiger partial charge in [-0.25, -0.2) is 24.0 Å². The van der Waals surface area contributed by atoms with Crippen molar-refractivity contribution in [3.8, 4) is 0 Å². The molecule has 0 aromatic heterocycles. The SMILES string of the molecule is CCC[C@@H](C(=O)OC(C)(C)C)N(C(=O)OC(C)(C)C)C(=O)OC(C)(C)C.CCC[C@H](NC(=O)OC(C)(C)C)C(=O)OC(C)(C)C.O=C=O.O=C=O. The number of imide groups is 1. The van der Waals surface area contributed by atoms with Crippen LogP contribution in [-0.2, 0) is 52.5 Å². The zero-order valence-corrected chi connectivity index (χ0v) is 33.6. The molecule has 0 aliphatic heterocycles. The monoisotopic (exact) mass is 734 g/mol. The molecule has 0 aliphatic rings. The molecule has 0 saturated heterocycles. The van der Waals surface area contributed by atoms with E-state index in [0.717, 1.165) is 11.3 Å². The van der Waals surface area contributed by atoms with Gasteiger partial charge in [0.25, 0.3) is 0 Å². The molecule has 0 radical (unpaired) electrons. The number of nitrogens with zero attached hydrogens (tertiary/aromatic N) is 1. The molecule has 0 fully saturated rings. The lowest BCUT2D eigenvalue weighted by atomic mass is 10.1. The van der Waals surface area contributed by atoms with Crippen LogP contribution in [0.4, 0.5) is 14.4 Å². The summed E-state index contributed by atoms with van der Waals surface area (Å²) in [7, 11) is 0. The molecule has 0 rings (SSSR count). The third-order valence-corrected chi connectivity index (χ3v) is 4.69. The van der Waals surface area contributed by atoms with Crippen LogP contribution in [0.2, 0.25) is 0 Å². The predicted octanol–water partition coefficient (Wildman–Crippen LogP) is 6.52. The van der Waals surface area contributed by atoms with Crippen LogP contribution in [0.5, 0.6) is 0 Å². The van der Waals surface area contributed by atoms with Gasteiger partial charge in [0.1, 0.15) is 40.1 Å². The van der Waals surface area contributed by atoms with Gasteiger partial charge in [-0.2, -0.15) is 24.1 Å². The molecule has 3 amide bonds. The molecule has 16 nitrogen and oxygen atoms in total. The number of alkyl carbamates (subject to hydrolysis) is 1. The van der Waals surface area contributed by atoms with E-state index in [2.05, 4.69) is 5.32 Å². The van der Waals surface area contributed by atoms with Crippen LogP contribution in [0.15, 0.2) is 0 Å². The van der Waals surface area contributed by atoms with E-state index in [0.29, 0.717) is 12.8 Å². The van der Waals surface area contributed by atoms with Crippen molar-refractivity contribution in [1.29, 1.82) is 0 Å². The maximum atomic E-state index is 12.7. The summed E-state index contributed by atoms with van der Waals surface area (Å²) in [5.74, 6) is -1.10. The molecule has 0 aromatic carbocycles. The first-order valence-corrected chi connectivity index (χ1v) is 16.4. The molecule has 0 unspecified atom stereocenters. The second-order valence-corrected chi connectivity index (χ2v) is 15.9. The lowest BCUT2D eigenvalue weighted by Gasteiger charge is -2.33. The Morgan fingerprint density at radius 1 is 0.510 bits per heavy atom. The number of nitrogens with one attached hydrogen (secondary N) is 1. The molecule has 51 heavy (non-hydrogen) atoms. The lowest BCUT2D eigenvalue weighted by molar-refractivity contribution is -0.193. The Balaban J connectivity index is -0.000000387. The first kappa shape index (κ1) is 53.5. The highest BCUT2D eigenvalue weighted by Gasteiger charge is 2.41. The van der Waals surface area contributed by atoms with Gasteiger partial charge in [-0.1, -0.05) is 26.7 Å². The van der Waals surface area contributed by atoms with Crippen molar-refractivity contribution in [3.05, 3.63) is 0 Å². The molecule has 296 valence electrons. The summed E-state index contributed by atoms with van der Waals surface area (Å²) < 4.78 is 26.5. The van der Waals surface area contributed by atoms with Crippen LogP contribution in [-0.4, -0.2) is 87.5 Å². The number of carbonyl (C=O) groups is 5. The normalized spacial score (nSPS) is 12.3. The van der Waals surface area contributed by atoms with Gasteiger partial charge in [-0.15, -0.1) is 0 Å². The summed E-state index contributed by atoms with van der Waals surface area (Å²) >= 11 is 0. The van der Waals surface area contributed by atoms with Crippen molar-refractivity contribution >= 4 is 42.5 Å². The summed E-state index contributed by atoms with van der Waals surface area (Å²) in [6.07, 6.45) is 0.122. The van der Waals surface area contributed by atoms with Gasteiger partial charge >= 0.3 is 42.5 Å². The van der Waals surface area contributed by atoms with Crippen LogP contribution < -0.4 is 5.32 Å². The van der Waals surface area contributed by atoms with E-state index < -0.39 is 70.3 Å². The van der Waals surface area contributed by atoms with E-state index in [1.807, 2.05) is 13.8 Å². The Labute approximate surface area is 302 Å². The first-order chi connectivity index (χ1) is 22.7. The number of rotatable bonds is 8. The van der Waals surface area contributed by atoms with Crippen molar-refractivity contribution in [3.63, 3.8) is 0 Å². The van der Waals surface area contributed by atoms with Gasteiger partial charge in [0, 0.05) is 0 Å². The largest absolute Gasteiger partial charge is 0.458 e. The Hall–Kier alpha value is -4.29. The minimum Gasteiger partial charge on any atom is -0.458 e. The molecule has 0 aromatic rings. The van der Waals surface area contributed by atoms with Crippen LogP contribution in [0.25, 0.3) is 0 Å². The van der Waals surface area contributed by atoms with Gasteiger partial charge in [-0.05, 0) is 117 Å². The number of hydrogen-bond donors (Lipinski definition) is 1. The van der Waals surface area contributed by atoms with Crippen LogP contribution in [0.3, 0.4) is 0 Å². The molecular weight excluding hydrogens is 672 g/mol. The number of amides is 3. The zero-order chi connectivity index (χ0) is 41.6. The summed E-state index contributed by atoms with van der Waals surface area (Å²) in [5.41, 5.74) is -3.58. The van der Waals surface area contributed by atoms with E-state index >= 15 is 0 Å². The molecule has 0 heterocycles. The molecule has 0 saturated carbocycles. The highest BCUT2D eigenvalue weighted by atomic mass is 16.6. The predicted molar refractivity (Wildman–Crippen MR) is 183 cm³/mol. The third-order valence-electron chi connectivity index (χ3n) is 4.69. The topological polar surface area (TPSA) is 215 Å². The smallest absolute Gasteiger partial charge is 0.420 e. The maximum Gasteiger partial charge on any atom is 0.420 e. The molecular formula is C35H62N2O14. The quantitative estimate of drug-likeness (QED) is 0.207. The summed E-state index contributed by atoms with van der Waals surface area (Å²) in [5, 5.41) is 2.56. The van der Waals surface area contributed by atoms with Crippen molar-refractivity contribution in [2.45, 2.75) is 183 Å². The molecule has 2 atom stereocenters. The molecule has 0 spiro atoms. The van der Waals surface area contributed by atoms with Crippen molar-refractivity contribution in [2.75, 3.05) is 0 Å². The molecule has 0 aliphatic carbocycles. The average molecular weight is 735 g/mol. The zero-order valence-electron chi connectivity index (χ0n) is 33.6. The highest BCUT2D eigenvalue weighted by Crippen LogP contribution is 2.22. The molecule has 0 bridgehead atoms. The van der Waals surface area contributed by atoms with E-state index in [1.54, 1.807) is 104 Å². The maximum absolute atomic E-state index is 12.7. The van der Waals surface area contributed by atoms with Crippen molar-refractivity contribution in [1.82, 2.24) is 10.2 Å². The third kappa shape index (κ3) is 34.0. The summed E-state index contributed by atoms with van der Waals surface area (Å²) in [4.78, 5) is 94.8. The van der Waals surface area contributed by atoms with Gasteiger partial charge in [-0.3, -0.25) is 0 Å². The Bertz CT molecular complexity index is 1110. The van der Waals surface area contributed by atoms with E-state index in [9.17, 15) is 24.0 Å². The fourth-order valence-electron chi connectivity index (χ4n) is 3.31. The van der Waals surface area contributed by atoms with Crippen LogP contribution in [0, 0.1) is 0 Å². The van der Waals surface area contributed by atoms with Crippen LogP contribution >= 0.6 is 0 Å². The van der Waals surface area contributed by atoms with E-state index in [1.165, 1.54) is 0 Å². The second-order valence-electron chi connectivity index (χ2n) is 15.9. The van der Waals surface area contributed by atoms with Gasteiger partial charge in [0.2, 0.25) is 0 Å². The Morgan fingerprint density at radius 3 is 1.08 bits per heavy atom. The molecule has 1 N–H and O–H groups in total. The number of ether oxygens (including phenoxy) is 5. The average Bonchev–Trinajstić information content (AvgIpc) is 2.84. The van der Waals surface area contributed by atoms with Gasteiger partial charge < -0.3 is 29.0 Å². The summed E-state index contributed by atoms with van der Waals surface area (Å²) in [6, 6.07) is -1.79. The van der Waals surface area contributed by atoms with E-state index in [4.69, 9.17) is 42.9 Å². The number of carbonyl (C=O) groups excluding carboxylic acids is 9. The van der Waals surface area contributed by atoms with Crippen molar-refractivity contribution in [2.24, 2.45) is 0 Å². The fourth-order valence-corrected chi connectivity index (χ4v) is 3.31. The van der Waals surface area contributed by atoms with E-state index in [-0.39, 0.29) is 18.7 Å². The standard InChI is InChI=1S/C19H35NO6.C14H27NO4.2CO2/c1-11-12-13(14(21)24-17(2,3)4)20(15(22)25-18(5,6)7)16(23)26-19(8,9)10;1-8-9-10(11(16)18-13(2,3)4)15-12(17)19-14(5,6)7;2*2-1-3/h13H,11-12H2,1-10H3;10H,8-9H2,1-7H3,(H,15,17);;/t13-;10-;;/m00../s1. The Kier molecular flexibility index (Phi) is 25.2. The minimum atomic E-state index is -1.12. The fraction of sp³-hybridized carbons (Fsp3) is 0.800. The lowest BCUT2D eigenvalue weighted by Crippen LogP contribution is -2.53. The van der Waals surface area contributed by atoms with Crippen molar-refractivity contribution < 1.29 is 66.8 Å². The first-order valence-electron chi connectivity index (χ1n) is 16.4. The highest BCUT2D eigenvalue weighted by molar-refractivity contribution is 5.94. The summed E-state index contributed by atoms with van der Waals surface area (Å²) in [6.45, 7) is 29.7. The molecule has 16 heteroatoms. The van der Waals surface area contributed by atoms with Gasteiger partial charge in [0.15, 0.2) is 0 Å². The number of hydrogen-bond acceptors (Lipinski definition) is 14. The Morgan fingerprint density at radius 2 is 0.804 bits per heavy atom. The number of esters is 2. The van der Waals surface area contributed by atoms with Gasteiger partial charge in [0.05, 0.1) is 0 Å². The van der Waals surface area contributed by atoms with Crippen LogP contribution in [0.1, 0.15) is 143 Å². The second kappa shape index (κ2) is 24.0.